The Kier molecular flexibility index (Phi) is 5.70. The first kappa shape index (κ1) is 18.6. The predicted octanol–water partition coefficient (Wildman–Crippen LogP) is 2.28. The molecule has 22 heavy (non-hydrogen) atoms. The normalized spacial score (nSPS) is 14.0. The third-order valence-electron chi connectivity index (χ3n) is 3.34. The van der Waals surface area contributed by atoms with Crippen molar-refractivity contribution in [1.29, 1.82) is 0 Å². The highest BCUT2D eigenvalue weighted by molar-refractivity contribution is 5.72. The maximum Gasteiger partial charge on any atom is 0.144 e. The van der Waals surface area contributed by atoms with Crippen molar-refractivity contribution in [3.63, 3.8) is 0 Å². The second-order valence-electron chi connectivity index (χ2n) is 7.82. The molecule has 1 atom stereocenters. The van der Waals surface area contributed by atoms with Crippen LogP contribution >= 0.6 is 0 Å². The molecule has 126 valence electrons. The molecule has 0 radical (unpaired) electrons. The molecule has 0 aromatic heterocycles. The average molecular weight is 309 g/mol. The highest BCUT2D eigenvalue weighted by Crippen LogP contribution is 2.34. The van der Waals surface area contributed by atoms with Gasteiger partial charge in [-0.05, 0) is 43.9 Å². The van der Waals surface area contributed by atoms with Crippen LogP contribution < -0.4 is 21.5 Å². The van der Waals surface area contributed by atoms with Crippen molar-refractivity contribution in [2.24, 2.45) is 0 Å². The topological polar surface area (TPSA) is 93.5 Å². The Hall–Kier alpha value is -1.46. The van der Waals surface area contributed by atoms with Crippen LogP contribution in [0.25, 0.3) is 0 Å². The fourth-order valence-corrected chi connectivity index (χ4v) is 1.87. The number of rotatable bonds is 5. The maximum atomic E-state index is 10.0. The number of aliphatic hydroxyl groups is 1. The number of ether oxygens (including phenoxy) is 1. The lowest BCUT2D eigenvalue weighted by atomic mass is 9.86. The number of aliphatic hydroxyl groups excluding tert-OH is 1. The number of nitrogens with one attached hydrogen (secondary N) is 1. The van der Waals surface area contributed by atoms with Crippen molar-refractivity contribution >= 4 is 11.4 Å². The quantitative estimate of drug-likeness (QED) is 0.626. The molecule has 1 aromatic rings. The lowest BCUT2D eigenvalue weighted by Gasteiger charge is -2.24. The fraction of sp³-hybridized carbons (Fsp3) is 0.647. The van der Waals surface area contributed by atoms with Crippen LogP contribution in [0.3, 0.4) is 0 Å². The Labute approximate surface area is 134 Å². The fourth-order valence-electron chi connectivity index (χ4n) is 1.87. The number of β-amino-alcohol motifs (C(OH)–C–C–N with tert-alkyl or cyclic N) is 1. The van der Waals surface area contributed by atoms with Gasteiger partial charge >= 0.3 is 0 Å². The van der Waals surface area contributed by atoms with Crippen LogP contribution in [0.5, 0.6) is 5.75 Å². The Morgan fingerprint density at radius 1 is 1.14 bits per heavy atom. The van der Waals surface area contributed by atoms with Crippen molar-refractivity contribution in [2.45, 2.75) is 58.6 Å². The summed E-state index contributed by atoms with van der Waals surface area (Å²) >= 11 is 0. The first-order valence-electron chi connectivity index (χ1n) is 7.65. The number of anilines is 2. The van der Waals surface area contributed by atoms with Crippen LogP contribution in [0.15, 0.2) is 12.1 Å². The van der Waals surface area contributed by atoms with E-state index in [1.807, 2.05) is 32.9 Å². The summed E-state index contributed by atoms with van der Waals surface area (Å²) in [5.41, 5.74) is 13.8. The van der Waals surface area contributed by atoms with Gasteiger partial charge in [-0.1, -0.05) is 20.8 Å². The summed E-state index contributed by atoms with van der Waals surface area (Å²) in [6.07, 6.45) is -0.613. The monoisotopic (exact) mass is 309 g/mol. The molecule has 6 N–H and O–H groups in total. The first-order chi connectivity index (χ1) is 9.90. The lowest BCUT2D eigenvalue weighted by molar-refractivity contribution is 0.100. The molecule has 0 heterocycles. The molecule has 0 aliphatic rings. The lowest BCUT2D eigenvalue weighted by Crippen LogP contribution is -2.42. The van der Waals surface area contributed by atoms with Gasteiger partial charge in [0.05, 0.1) is 11.4 Å². The maximum absolute atomic E-state index is 10.0. The molecule has 1 unspecified atom stereocenters. The zero-order valence-electron chi connectivity index (χ0n) is 14.7. The molecule has 1 aromatic carbocycles. The van der Waals surface area contributed by atoms with Gasteiger partial charge in [0.25, 0.3) is 0 Å². The van der Waals surface area contributed by atoms with E-state index in [0.29, 0.717) is 23.7 Å². The van der Waals surface area contributed by atoms with Gasteiger partial charge in [0.1, 0.15) is 18.5 Å². The second kappa shape index (κ2) is 6.75. The molecule has 0 amide bonds. The third kappa shape index (κ3) is 5.73. The zero-order chi connectivity index (χ0) is 17.1. The van der Waals surface area contributed by atoms with E-state index in [-0.39, 0.29) is 17.6 Å². The Morgan fingerprint density at radius 3 is 2.23 bits per heavy atom. The van der Waals surface area contributed by atoms with Crippen LogP contribution in [0.4, 0.5) is 11.4 Å². The van der Waals surface area contributed by atoms with Crippen molar-refractivity contribution in [1.82, 2.24) is 5.32 Å². The molecular weight excluding hydrogens is 278 g/mol. The number of hydrogen-bond donors (Lipinski definition) is 4. The van der Waals surface area contributed by atoms with Gasteiger partial charge in [0, 0.05) is 12.1 Å². The summed E-state index contributed by atoms with van der Waals surface area (Å²) in [5.74, 6) is 0.528. The van der Waals surface area contributed by atoms with Gasteiger partial charge in [-0.15, -0.1) is 0 Å². The Morgan fingerprint density at radius 2 is 1.73 bits per heavy atom. The Balaban J connectivity index is 2.75. The molecular formula is C17H31N3O2. The number of hydrogen-bond acceptors (Lipinski definition) is 5. The summed E-state index contributed by atoms with van der Waals surface area (Å²) in [6.45, 7) is 13.1. The summed E-state index contributed by atoms with van der Waals surface area (Å²) in [7, 11) is 0. The van der Waals surface area contributed by atoms with Crippen LogP contribution in [0.2, 0.25) is 0 Å². The second-order valence-corrected chi connectivity index (χ2v) is 7.82. The van der Waals surface area contributed by atoms with Crippen LogP contribution in [0.1, 0.15) is 47.1 Å². The van der Waals surface area contributed by atoms with Gasteiger partial charge in [-0.3, -0.25) is 0 Å². The number of benzene rings is 1. The number of nitrogen functional groups attached to an aromatic ring is 2. The first-order valence-corrected chi connectivity index (χ1v) is 7.65. The molecule has 0 aliphatic heterocycles. The average Bonchev–Trinajstić information content (AvgIpc) is 2.35. The smallest absolute Gasteiger partial charge is 0.144 e. The van der Waals surface area contributed by atoms with Crippen LogP contribution in [-0.4, -0.2) is 29.9 Å². The van der Waals surface area contributed by atoms with E-state index in [9.17, 15) is 5.11 Å². The van der Waals surface area contributed by atoms with Crippen LogP contribution in [-0.2, 0) is 5.41 Å². The largest absolute Gasteiger partial charge is 0.489 e. The molecule has 5 heteroatoms. The van der Waals surface area contributed by atoms with E-state index < -0.39 is 6.10 Å². The van der Waals surface area contributed by atoms with E-state index in [1.165, 1.54) is 0 Å². The summed E-state index contributed by atoms with van der Waals surface area (Å²) < 4.78 is 5.69. The predicted molar refractivity (Wildman–Crippen MR) is 93.2 cm³/mol. The summed E-state index contributed by atoms with van der Waals surface area (Å²) in [6, 6.07) is 3.77. The molecule has 0 saturated heterocycles. The minimum absolute atomic E-state index is 0.0451. The van der Waals surface area contributed by atoms with Gasteiger partial charge in [-0.25, -0.2) is 0 Å². The van der Waals surface area contributed by atoms with E-state index in [4.69, 9.17) is 16.2 Å². The summed E-state index contributed by atoms with van der Waals surface area (Å²) in [5, 5.41) is 13.2. The molecule has 5 nitrogen and oxygen atoms in total. The molecule has 1 rings (SSSR count). The molecule has 0 aliphatic carbocycles. The van der Waals surface area contributed by atoms with Crippen molar-refractivity contribution < 1.29 is 9.84 Å². The highest BCUT2D eigenvalue weighted by atomic mass is 16.5. The SMILES string of the molecule is CC(C)(C)NCC(O)COc1cc(C(C)(C)C)cc(N)c1N. The standard InChI is InChI=1S/C17H31N3O2/c1-16(2,3)11-7-13(18)15(19)14(8-11)22-10-12(21)9-20-17(4,5)6/h7-8,12,20-21H,9-10,18-19H2,1-6H3. The zero-order valence-corrected chi connectivity index (χ0v) is 14.7. The molecule has 0 fully saturated rings. The minimum Gasteiger partial charge on any atom is -0.489 e. The molecule has 0 bridgehead atoms. The molecule has 0 spiro atoms. The van der Waals surface area contributed by atoms with Crippen LogP contribution in [0, 0.1) is 0 Å². The third-order valence-corrected chi connectivity index (χ3v) is 3.34. The summed E-state index contributed by atoms with van der Waals surface area (Å²) in [4.78, 5) is 0. The number of nitrogens with two attached hydrogens (primary N) is 2. The Bertz CT molecular complexity index is 502. The van der Waals surface area contributed by atoms with E-state index in [1.54, 1.807) is 0 Å². The van der Waals surface area contributed by atoms with Gasteiger partial charge < -0.3 is 26.6 Å². The highest BCUT2D eigenvalue weighted by Gasteiger charge is 2.19. The van der Waals surface area contributed by atoms with E-state index in [0.717, 1.165) is 5.56 Å². The van der Waals surface area contributed by atoms with Crippen molar-refractivity contribution in [2.75, 3.05) is 24.6 Å². The minimum atomic E-state index is -0.613. The molecule has 0 saturated carbocycles. The van der Waals surface area contributed by atoms with E-state index in [2.05, 4.69) is 26.1 Å². The van der Waals surface area contributed by atoms with Crippen molar-refractivity contribution in [3.8, 4) is 5.75 Å². The van der Waals surface area contributed by atoms with Gasteiger partial charge in [-0.2, -0.15) is 0 Å². The van der Waals surface area contributed by atoms with E-state index >= 15 is 0 Å². The van der Waals surface area contributed by atoms with Gasteiger partial charge in [0.15, 0.2) is 0 Å². The van der Waals surface area contributed by atoms with Crippen molar-refractivity contribution in [3.05, 3.63) is 17.7 Å². The van der Waals surface area contributed by atoms with Gasteiger partial charge in [0.2, 0.25) is 0 Å².